The summed E-state index contributed by atoms with van der Waals surface area (Å²) in [4.78, 5) is 26.4. The molecule has 0 bridgehead atoms. The number of methoxy groups -OCH3 is 3. The topological polar surface area (TPSA) is 77.1 Å². The first-order valence-electron chi connectivity index (χ1n) is 7.98. The lowest BCUT2D eigenvalue weighted by atomic mass is 9.98. The van der Waals surface area contributed by atoms with Gasteiger partial charge in [-0.3, -0.25) is 9.59 Å². The molecule has 1 aromatic carbocycles. The molecule has 0 saturated heterocycles. The molecule has 7 nitrogen and oxygen atoms in total. The average Bonchev–Trinajstić information content (AvgIpc) is 2.60. The zero-order valence-corrected chi connectivity index (χ0v) is 15.2. The molecule has 25 heavy (non-hydrogen) atoms. The van der Waals surface area contributed by atoms with Crippen LogP contribution >= 0.6 is 0 Å². The van der Waals surface area contributed by atoms with Gasteiger partial charge >= 0.3 is 0 Å². The molecule has 0 aliphatic carbocycles. The van der Waals surface area contributed by atoms with E-state index in [0.717, 1.165) is 0 Å². The fourth-order valence-corrected chi connectivity index (χ4v) is 2.78. The van der Waals surface area contributed by atoms with E-state index in [1.165, 1.54) is 12.0 Å². The molecule has 1 N–H and O–H groups in total. The fraction of sp³-hybridized carbons (Fsp3) is 0.444. The van der Waals surface area contributed by atoms with E-state index in [1.807, 2.05) is 13.8 Å². The van der Waals surface area contributed by atoms with Crippen molar-refractivity contribution in [2.24, 2.45) is 5.92 Å². The molecule has 2 rings (SSSR count). The number of rotatable bonds is 6. The highest BCUT2D eigenvalue weighted by Gasteiger charge is 2.35. The summed E-state index contributed by atoms with van der Waals surface area (Å²) in [5.41, 5.74) is 1.23. The van der Waals surface area contributed by atoms with E-state index in [4.69, 9.17) is 14.2 Å². The molecule has 1 heterocycles. The van der Waals surface area contributed by atoms with Crippen molar-refractivity contribution in [1.29, 1.82) is 0 Å². The van der Waals surface area contributed by atoms with E-state index in [2.05, 4.69) is 5.32 Å². The SMILES string of the molecule is COCC(=O)N1C=C(c2ccc(OC)c(OC)c2)NC(=O)[C@@H]1C(C)C. The molecular formula is C18H24N2O5. The van der Waals surface area contributed by atoms with Crippen LogP contribution in [-0.4, -0.2) is 50.7 Å². The molecule has 7 heteroatoms. The van der Waals surface area contributed by atoms with Crippen LogP contribution in [0.25, 0.3) is 5.70 Å². The van der Waals surface area contributed by atoms with Crippen LogP contribution in [0.2, 0.25) is 0 Å². The van der Waals surface area contributed by atoms with Gasteiger partial charge in [0.25, 0.3) is 5.91 Å². The van der Waals surface area contributed by atoms with Crippen molar-refractivity contribution in [2.75, 3.05) is 27.9 Å². The molecule has 0 saturated carbocycles. The number of nitrogens with one attached hydrogen (secondary N) is 1. The fourth-order valence-electron chi connectivity index (χ4n) is 2.78. The van der Waals surface area contributed by atoms with Crippen molar-refractivity contribution < 1.29 is 23.8 Å². The van der Waals surface area contributed by atoms with E-state index >= 15 is 0 Å². The minimum absolute atomic E-state index is 0.0380. The van der Waals surface area contributed by atoms with Crippen LogP contribution in [-0.2, 0) is 14.3 Å². The van der Waals surface area contributed by atoms with Crippen LogP contribution in [0.4, 0.5) is 0 Å². The number of hydrogen-bond donors (Lipinski definition) is 1. The number of carbonyl (C=O) groups is 2. The molecule has 0 unspecified atom stereocenters. The first kappa shape index (κ1) is 18.8. The summed E-state index contributed by atoms with van der Waals surface area (Å²) in [6.45, 7) is 3.70. The van der Waals surface area contributed by atoms with Gasteiger partial charge in [0, 0.05) is 18.9 Å². The highest BCUT2D eigenvalue weighted by atomic mass is 16.5. The number of ether oxygens (including phenoxy) is 3. The summed E-state index contributed by atoms with van der Waals surface area (Å²) in [6.07, 6.45) is 1.65. The van der Waals surface area contributed by atoms with Crippen molar-refractivity contribution in [2.45, 2.75) is 19.9 Å². The van der Waals surface area contributed by atoms with E-state index in [0.29, 0.717) is 22.8 Å². The number of carbonyl (C=O) groups excluding carboxylic acids is 2. The Bertz CT molecular complexity index is 684. The molecule has 0 fully saturated rings. The summed E-state index contributed by atoms with van der Waals surface area (Å²) < 4.78 is 15.5. The number of benzene rings is 1. The van der Waals surface area contributed by atoms with Gasteiger partial charge in [0.2, 0.25) is 5.91 Å². The first-order valence-corrected chi connectivity index (χ1v) is 7.98. The van der Waals surface area contributed by atoms with Crippen LogP contribution in [0.3, 0.4) is 0 Å². The Kier molecular flexibility index (Phi) is 6.03. The quantitative estimate of drug-likeness (QED) is 0.845. The molecule has 1 aliphatic rings. The molecule has 0 aromatic heterocycles. The third-order valence-corrected chi connectivity index (χ3v) is 3.98. The second-order valence-electron chi connectivity index (χ2n) is 6.02. The highest BCUT2D eigenvalue weighted by Crippen LogP contribution is 2.31. The van der Waals surface area contributed by atoms with Gasteiger partial charge in [-0.25, -0.2) is 0 Å². The Morgan fingerprint density at radius 1 is 1.20 bits per heavy atom. The van der Waals surface area contributed by atoms with E-state index in [-0.39, 0.29) is 24.3 Å². The second-order valence-corrected chi connectivity index (χ2v) is 6.02. The Hall–Kier alpha value is -2.54. The summed E-state index contributed by atoms with van der Waals surface area (Å²) in [7, 11) is 4.54. The Morgan fingerprint density at radius 2 is 1.88 bits per heavy atom. The predicted molar refractivity (Wildman–Crippen MR) is 93.0 cm³/mol. The maximum atomic E-state index is 12.6. The number of hydrogen-bond acceptors (Lipinski definition) is 5. The smallest absolute Gasteiger partial charge is 0.253 e. The van der Waals surface area contributed by atoms with Crippen LogP contribution in [0.15, 0.2) is 24.4 Å². The number of nitrogens with zero attached hydrogens (tertiary/aromatic N) is 1. The third kappa shape index (κ3) is 3.93. The first-order chi connectivity index (χ1) is 11.9. The molecular weight excluding hydrogens is 324 g/mol. The minimum Gasteiger partial charge on any atom is -0.493 e. The van der Waals surface area contributed by atoms with Crippen molar-refractivity contribution in [3.63, 3.8) is 0 Å². The Balaban J connectivity index is 2.45. The summed E-state index contributed by atoms with van der Waals surface area (Å²) in [6, 6.07) is 4.71. The Morgan fingerprint density at radius 3 is 2.44 bits per heavy atom. The predicted octanol–water partition coefficient (Wildman–Crippen LogP) is 1.63. The van der Waals surface area contributed by atoms with E-state index in [1.54, 1.807) is 38.6 Å². The third-order valence-electron chi connectivity index (χ3n) is 3.98. The highest BCUT2D eigenvalue weighted by molar-refractivity contribution is 5.97. The molecule has 136 valence electrons. The van der Waals surface area contributed by atoms with Crippen molar-refractivity contribution in [1.82, 2.24) is 10.2 Å². The monoisotopic (exact) mass is 348 g/mol. The molecule has 1 aromatic rings. The van der Waals surface area contributed by atoms with Crippen LogP contribution < -0.4 is 14.8 Å². The van der Waals surface area contributed by atoms with E-state index in [9.17, 15) is 9.59 Å². The van der Waals surface area contributed by atoms with Gasteiger partial charge < -0.3 is 24.4 Å². The van der Waals surface area contributed by atoms with Gasteiger partial charge in [-0.2, -0.15) is 0 Å². The van der Waals surface area contributed by atoms with Crippen molar-refractivity contribution in [3.05, 3.63) is 30.0 Å². The maximum Gasteiger partial charge on any atom is 0.253 e. The van der Waals surface area contributed by atoms with Gasteiger partial charge in [0.15, 0.2) is 11.5 Å². The van der Waals surface area contributed by atoms with Crippen molar-refractivity contribution in [3.8, 4) is 11.5 Å². The minimum atomic E-state index is -0.577. The average molecular weight is 348 g/mol. The summed E-state index contributed by atoms with van der Waals surface area (Å²) in [5, 5.41) is 2.87. The molecule has 0 radical (unpaired) electrons. The molecule has 1 aliphatic heterocycles. The second kappa shape index (κ2) is 8.02. The molecule has 2 amide bonds. The summed E-state index contributed by atoms with van der Waals surface area (Å²) in [5.74, 6) is 0.585. The number of amides is 2. The maximum absolute atomic E-state index is 12.6. The van der Waals surface area contributed by atoms with Gasteiger partial charge in [-0.15, -0.1) is 0 Å². The largest absolute Gasteiger partial charge is 0.493 e. The van der Waals surface area contributed by atoms with Gasteiger partial charge in [-0.05, 0) is 24.1 Å². The van der Waals surface area contributed by atoms with Gasteiger partial charge in [-0.1, -0.05) is 13.8 Å². The lowest BCUT2D eigenvalue weighted by Crippen LogP contribution is -2.53. The van der Waals surface area contributed by atoms with Crippen LogP contribution in [0, 0.1) is 5.92 Å². The lowest BCUT2D eigenvalue weighted by Gasteiger charge is -2.35. The van der Waals surface area contributed by atoms with E-state index < -0.39 is 6.04 Å². The van der Waals surface area contributed by atoms with Crippen LogP contribution in [0.1, 0.15) is 19.4 Å². The zero-order chi connectivity index (χ0) is 18.6. The van der Waals surface area contributed by atoms with Crippen molar-refractivity contribution >= 4 is 17.5 Å². The molecule has 0 spiro atoms. The van der Waals surface area contributed by atoms with Gasteiger partial charge in [0.1, 0.15) is 12.6 Å². The van der Waals surface area contributed by atoms with Crippen LogP contribution in [0.5, 0.6) is 11.5 Å². The summed E-state index contributed by atoms with van der Waals surface area (Å²) >= 11 is 0. The van der Waals surface area contributed by atoms with Gasteiger partial charge in [0.05, 0.1) is 19.9 Å². The normalized spacial score (nSPS) is 17.2. The lowest BCUT2D eigenvalue weighted by molar-refractivity contribution is -0.141. The standard InChI is InChI=1S/C18H24N2O5/c1-11(2)17-18(22)19-13(9-20(17)16(21)10-23-3)12-6-7-14(24-4)15(8-12)25-5/h6-9,11,17H,10H2,1-5H3,(H,19,22)/t17-/m0/s1. The Labute approximate surface area is 147 Å². The molecule has 1 atom stereocenters. The zero-order valence-electron chi connectivity index (χ0n) is 15.2.